The van der Waals surface area contributed by atoms with Crippen LogP contribution in [0.2, 0.25) is 0 Å². The van der Waals surface area contributed by atoms with Gasteiger partial charge in [0.2, 0.25) is 28.9 Å². The van der Waals surface area contributed by atoms with Crippen LogP contribution in [-0.4, -0.2) is 61.2 Å². The molecule has 286 valence electrons. The molecule has 3 fully saturated rings. The topological polar surface area (TPSA) is 196 Å². The minimum atomic E-state index is -2.06. The van der Waals surface area contributed by atoms with Crippen LogP contribution in [0.5, 0.6) is 5.75 Å². The van der Waals surface area contributed by atoms with Gasteiger partial charge >= 0.3 is 5.69 Å². The summed E-state index contributed by atoms with van der Waals surface area (Å²) in [5.74, 6) is -3.02. The van der Waals surface area contributed by atoms with Crippen molar-refractivity contribution < 1.29 is 32.9 Å². The van der Waals surface area contributed by atoms with Crippen LogP contribution in [-0.2, 0) is 43.8 Å². The van der Waals surface area contributed by atoms with E-state index in [1.54, 1.807) is 13.1 Å². The molecule has 3 atom stereocenters. The number of benzene rings is 3. The van der Waals surface area contributed by atoms with Gasteiger partial charge in [0.05, 0.1) is 23.5 Å². The number of phenols is 1. The Kier molecular flexibility index (Phi) is 8.87. The van der Waals surface area contributed by atoms with Gasteiger partial charge in [0, 0.05) is 42.6 Å². The number of nitrogens with zero attached hydrogens (tertiary/aromatic N) is 3. The van der Waals surface area contributed by atoms with Gasteiger partial charge in [-0.25, -0.2) is 13.4 Å². The molecule has 15 nitrogen and oxygen atoms in total. The standard InChI is InChI=1S/C38H39FN8O7S/c1-19-14-20(4-7-24(19)41-21-5-8-25-27(16-21)45(3)37(53)47(25)26-9-11-29(49)43-36(26)52)15-30(50)42-33-23(17-40-35(33)38(2)12-13-38)22-6-10-28(48)34(32(22)39)46-18-31(51)44-55(46)54/h4-8,10,14,16,26,35,40-41,48H,9,11-13,15,17-18H2,1-3H3,(H,42,50)(H,44,51)(H,43,49,52). The highest BCUT2D eigenvalue weighted by molar-refractivity contribution is 7.85. The Morgan fingerprint density at radius 1 is 1.05 bits per heavy atom. The van der Waals surface area contributed by atoms with Crippen LogP contribution in [0.3, 0.4) is 0 Å². The summed E-state index contributed by atoms with van der Waals surface area (Å²) in [5.41, 5.74) is 4.59. The van der Waals surface area contributed by atoms with E-state index in [4.69, 9.17) is 0 Å². The molecular weight excluding hydrogens is 732 g/mol. The number of rotatable bonds is 9. The van der Waals surface area contributed by atoms with Gasteiger partial charge in [-0.15, -0.1) is 0 Å². The summed E-state index contributed by atoms with van der Waals surface area (Å²) < 4.78 is 34.8. The Morgan fingerprint density at radius 3 is 2.53 bits per heavy atom. The van der Waals surface area contributed by atoms with Gasteiger partial charge in [0.15, 0.2) is 5.82 Å². The first-order valence-corrected chi connectivity index (χ1v) is 19.0. The second kappa shape index (κ2) is 13.5. The minimum Gasteiger partial charge on any atom is -0.506 e. The average Bonchev–Trinajstić information content (AvgIpc) is 3.47. The van der Waals surface area contributed by atoms with Gasteiger partial charge in [-0.1, -0.05) is 19.1 Å². The number of imide groups is 1. The molecule has 4 aromatic rings. The molecule has 17 heteroatoms. The van der Waals surface area contributed by atoms with Crippen molar-refractivity contribution in [1.29, 1.82) is 0 Å². The highest BCUT2D eigenvalue weighted by Gasteiger charge is 2.49. The van der Waals surface area contributed by atoms with Crippen LogP contribution in [0, 0.1) is 18.2 Å². The lowest BCUT2D eigenvalue weighted by Crippen LogP contribution is -2.44. The van der Waals surface area contributed by atoms with Crippen molar-refractivity contribution in [3.63, 3.8) is 0 Å². The Bertz CT molecular complexity index is 2470. The maximum absolute atomic E-state index is 16.2. The Hall–Kier alpha value is -5.81. The minimum absolute atomic E-state index is 0.0348. The number of aryl methyl sites for hydroxylation is 2. The third kappa shape index (κ3) is 6.46. The first-order valence-electron chi connectivity index (χ1n) is 17.9. The van der Waals surface area contributed by atoms with Gasteiger partial charge in [-0.2, -0.15) is 0 Å². The van der Waals surface area contributed by atoms with Gasteiger partial charge < -0.3 is 21.1 Å². The number of piperidine rings is 1. The van der Waals surface area contributed by atoms with Crippen LogP contribution in [0.15, 0.2) is 59.0 Å². The smallest absolute Gasteiger partial charge is 0.329 e. The number of aromatic nitrogens is 2. The van der Waals surface area contributed by atoms with Crippen LogP contribution in [0.1, 0.15) is 55.3 Å². The number of carbonyl (C=O) groups is 4. The zero-order valence-electron chi connectivity index (χ0n) is 30.2. The van der Waals surface area contributed by atoms with Crippen LogP contribution < -0.4 is 36.0 Å². The van der Waals surface area contributed by atoms with Crippen molar-refractivity contribution >= 4 is 68.5 Å². The van der Waals surface area contributed by atoms with Crippen LogP contribution >= 0.6 is 0 Å². The lowest BCUT2D eigenvalue weighted by Gasteiger charge is -2.23. The molecule has 3 aromatic carbocycles. The second-order valence-corrected chi connectivity index (χ2v) is 16.0. The summed E-state index contributed by atoms with van der Waals surface area (Å²) in [6.45, 7) is 3.87. The van der Waals surface area contributed by atoms with E-state index in [1.807, 2.05) is 37.3 Å². The number of hydrogen-bond donors (Lipinski definition) is 6. The number of halogens is 1. The fraction of sp³-hybridized carbons (Fsp3) is 0.342. The molecule has 0 spiro atoms. The van der Waals surface area contributed by atoms with Gasteiger partial charge in [0.1, 0.15) is 24.0 Å². The number of aromatic hydroxyl groups is 1. The normalized spacial score (nSPS) is 21.9. The summed E-state index contributed by atoms with van der Waals surface area (Å²) in [5, 5.41) is 22.8. The maximum Gasteiger partial charge on any atom is 0.329 e. The number of nitrogens with one attached hydrogen (secondary N) is 5. The fourth-order valence-corrected chi connectivity index (χ4v) is 8.73. The largest absolute Gasteiger partial charge is 0.506 e. The molecule has 3 aliphatic heterocycles. The number of hydrogen-bond acceptors (Lipinski definition) is 9. The van der Waals surface area contributed by atoms with Gasteiger partial charge in [-0.3, -0.25) is 42.7 Å². The zero-order valence-corrected chi connectivity index (χ0v) is 31.1. The zero-order chi connectivity index (χ0) is 38.9. The van der Waals surface area contributed by atoms with E-state index in [0.717, 1.165) is 34.0 Å². The molecule has 55 heavy (non-hydrogen) atoms. The summed E-state index contributed by atoms with van der Waals surface area (Å²) in [4.78, 5) is 63.0. The average molecular weight is 771 g/mol. The van der Waals surface area contributed by atoms with Crippen molar-refractivity contribution in [2.24, 2.45) is 12.5 Å². The van der Waals surface area contributed by atoms with Crippen molar-refractivity contribution in [1.82, 2.24) is 29.8 Å². The maximum atomic E-state index is 16.2. The van der Waals surface area contributed by atoms with Crippen molar-refractivity contribution in [3.05, 3.63) is 87.2 Å². The summed E-state index contributed by atoms with van der Waals surface area (Å²) in [7, 11) is 1.63. The molecule has 0 radical (unpaired) electrons. The number of phenolic OH excluding ortho intramolecular Hbond substituents is 1. The Morgan fingerprint density at radius 2 is 1.84 bits per heavy atom. The van der Waals surface area contributed by atoms with Gasteiger partial charge in [0.25, 0.3) is 5.91 Å². The third-order valence-corrected chi connectivity index (χ3v) is 12.1. The molecule has 4 heterocycles. The molecule has 1 aliphatic carbocycles. The van der Waals surface area contributed by atoms with E-state index in [-0.39, 0.29) is 72.6 Å². The molecule has 2 saturated heterocycles. The van der Waals surface area contributed by atoms with E-state index in [1.165, 1.54) is 21.3 Å². The number of carbonyl (C=O) groups excluding carboxylic acids is 4. The molecule has 1 saturated carbocycles. The molecule has 0 bridgehead atoms. The molecule has 1 aromatic heterocycles. The summed E-state index contributed by atoms with van der Waals surface area (Å²) in [6.07, 6.45) is 2.27. The number of fused-ring (bicyclic) bond motifs is 1. The number of imidazole rings is 1. The SMILES string of the molecule is Cc1cc(CC(=O)NC2=C(c3ccc(O)c(N4CC(=O)NS4=O)c3F)CNC2C2(C)CC2)ccc1Nc1ccc2c(c1)n(C)c(=O)n2C1CCC(=O)NC1=O. The quantitative estimate of drug-likeness (QED) is 0.139. The van der Waals surface area contributed by atoms with Crippen LogP contribution in [0.25, 0.3) is 16.6 Å². The lowest BCUT2D eigenvalue weighted by atomic mass is 9.93. The molecule has 8 rings (SSSR count). The van der Waals surface area contributed by atoms with E-state index < -0.39 is 40.6 Å². The van der Waals surface area contributed by atoms with Crippen molar-refractivity contribution in [2.45, 2.75) is 58.0 Å². The van der Waals surface area contributed by atoms with Crippen molar-refractivity contribution in [2.75, 3.05) is 22.7 Å². The second-order valence-electron chi connectivity index (χ2n) is 14.8. The summed E-state index contributed by atoms with van der Waals surface area (Å²) in [6, 6.07) is 12.7. The third-order valence-electron chi connectivity index (χ3n) is 11.0. The van der Waals surface area contributed by atoms with Gasteiger partial charge in [-0.05, 0) is 84.7 Å². The molecule has 3 unspecified atom stereocenters. The highest BCUT2D eigenvalue weighted by Crippen LogP contribution is 2.52. The van der Waals surface area contributed by atoms with Crippen molar-refractivity contribution in [3.8, 4) is 5.75 Å². The molecule has 4 amide bonds. The van der Waals surface area contributed by atoms with E-state index in [9.17, 15) is 33.3 Å². The fourth-order valence-electron chi connectivity index (χ4n) is 7.79. The predicted molar refractivity (Wildman–Crippen MR) is 203 cm³/mol. The highest BCUT2D eigenvalue weighted by atomic mass is 32.2. The lowest BCUT2D eigenvalue weighted by molar-refractivity contribution is -0.135. The summed E-state index contributed by atoms with van der Waals surface area (Å²) >= 11 is -2.06. The molecular formula is C38H39FN8O7S. The van der Waals surface area contributed by atoms with E-state index >= 15 is 4.39 Å². The first-order chi connectivity index (χ1) is 26.2. The Labute approximate surface area is 316 Å². The van der Waals surface area contributed by atoms with E-state index in [0.29, 0.717) is 28.0 Å². The first kappa shape index (κ1) is 36.2. The predicted octanol–water partition coefficient (Wildman–Crippen LogP) is 2.57. The monoisotopic (exact) mass is 770 g/mol. The molecule has 6 N–H and O–H groups in total. The molecule has 4 aliphatic rings. The van der Waals surface area contributed by atoms with Crippen LogP contribution in [0.4, 0.5) is 21.5 Å². The van der Waals surface area contributed by atoms with E-state index in [2.05, 4.69) is 32.9 Å². The number of amides is 4. The Balaban J connectivity index is 1.02. The number of anilines is 3.